The smallest absolute Gasteiger partial charge is 0.178 e. The van der Waals surface area contributed by atoms with Crippen LogP contribution < -0.4 is 0 Å². The van der Waals surface area contributed by atoms with Crippen LogP contribution in [0.3, 0.4) is 0 Å². The normalized spacial score (nSPS) is 17.2. The molecule has 18 heavy (non-hydrogen) atoms. The van der Waals surface area contributed by atoms with Gasteiger partial charge in [0.05, 0.1) is 11.0 Å². The van der Waals surface area contributed by atoms with E-state index in [1.54, 1.807) is 0 Å². The third-order valence-corrected chi connectivity index (χ3v) is 4.40. The Labute approximate surface area is 113 Å². The summed E-state index contributed by atoms with van der Waals surface area (Å²) >= 11 is 5.54. The van der Waals surface area contributed by atoms with Gasteiger partial charge in [0.15, 0.2) is 4.77 Å². The number of para-hydroxylation sites is 1. The van der Waals surface area contributed by atoms with Crippen LogP contribution in [0.15, 0.2) is 18.2 Å². The zero-order valence-electron chi connectivity index (χ0n) is 11.1. The van der Waals surface area contributed by atoms with E-state index in [1.807, 2.05) is 0 Å². The number of nitrogens with one attached hydrogen (secondary N) is 1. The van der Waals surface area contributed by atoms with Gasteiger partial charge in [-0.25, -0.2) is 0 Å². The lowest BCUT2D eigenvalue weighted by Crippen LogP contribution is -2.09. The molecule has 0 spiro atoms. The summed E-state index contributed by atoms with van der Waals surface area (Å²) in [6.45, 7) is 4.41. The van der Waals surface area contributed by atoms with Gasteiger partial charge >= 0.3 is 0 Å². The number of benzene rings is 1. The summed E-state index contributed by atoms with van der Waals surface area (Å²) in [4.78, 5) is 3.38. The summed E-state index contributed by atoms with van der Waals surface area (Å²) in [7, 11) is 0. The molecule has 1 aliphatic carbocycles. The van der Waals surface area contributed by atoms with E-state index in [2.05, 4.69) is 41.6 Å². The number of hydrogen-bond donors (Lipinski definition) is 1. The number of rotatable bonds is 4. The van der Waals surface area contributed by atoms with Crippen molar-refractivity contribution < 1.29 is 0 Å². The zero-order chi connectivity index (χ0) is 12.7. The van der Waals surface area contributed by atoms with Crippen LogP contribution in [0.2, 0.25) is 0 Å². The van der Waals surface area contributed by atoms with Crippen LogP contribution in [0.4, 0.5) is 0 Å². The molecule has 1 saturated carbocycles. The van der Waals surface area contributed by atoms with E-state index in [9.17, 15) is 0 Å². The molecular weight excluding hydrogens is 240 g/mol. The van der Waals surface area contributed by atoms with Crippen molar-refractivity contribution in [1.82, 2.24) is 9.55 Å². The van der Waals surface area contributed by atoms with E-state index in [0.29, 0.717) is 6.04 Å². The molecule has 3 rings (SSSR count). The Morgan fingerprint density at radius 2 is 2.22 bits per heavy atom. The Morgan fingerprint density at radius 1 is 1.44 bits per heavy atom. The van der Waals surface area contributed by atoms with Crippen LogP contribution >= 0.6 is 12.2 Å². The second-order valence-corrected chi connectivity index (χ2v) is 5.90. The molecule has 1 atom stereocenters. The first kappa shape index (κ1) is 12.0. The average Bonchev–Trinajstić information content (AvgIpc) is 3.10. The number of aromatic amines is 1. The number of H-pyrrole nitrogens is 1. The predicted octanol–water partition coefficient (Wildman–Crippen LogP) is 4.76. The van der Waals surface area contributed by atoms with Crippen LogP contribution in [0.1, 0.15) is 44.2 Å². The van der Waals surface area contributed by atoms with E-state index < -0.39 is 0 Å². The highest BCUT2D eigenvalue weighted by Gasteiger charge is 2.26. The van der Waals surface area contributed by atoms with E-state index in [1.165, 1.54) is 35.9 Å². The van der Waals surface area contributed by atoms with Gasteiger partial charge in [-0.2, -0.15) is 0 Å². The molecule has 1 aromatic heterocycles. The molecule has 1 N–H and O–H groups in total. The molecule has 3 heteroatoms. The predicted molar refractivity (Wildman–Crippen MR) is 78.5 cm³/mol. The highest BCUT2D eigenvalue weighted by Crippen LogP contribution is 2.39. The molecule has 0 saturated heterocycles. The van der Waals surface area contributed by atoms with Crippen molar-refractivity contribution in [3.8, 4) is 0 Å². The summed E-state index contributed by atoms with van der Waals surface area (Å²) < 4.78 is 3.22. The van der Waals surface area contributed by atoms with Gasteiger partial charge in [-0.1, -0.05) is 31.9 Å². The largest absolute Gasteiger partial charge is 0.330 e. The van der Waals surface area contributed by atoms with Gasteiger partial charge in [0.2, 0.25) is 0 Å². The summed E-state index contributed by atoms with van der Waals surface area (Å²) in [5, 5.41) is 0. The van der Waals surface area contributed by atoms with Crippen molar-refractivity contribution in [1.29, 1.82) is 0 Å². The highest BCUT2D eigenvalue weighted by molar-refractivity contribution is 7.71. The summed E-state index contributed by atoms with van der Waals surface area (Å²) in [5.41, 5.74) is 3.75. The monoisotopic (exact) mass is 260 g/mol. The van der Waals surface area contributed by atoms with Crippen LogP contribution in [0.25, 0.3) is 11.0 Å². The van der Waals surface area contributed by atoms with Gasteiger partial charge in [-0.3, -0.25) is 0 Å². The van der Waals surface area contributed by atoms with Gasteiger partial charge in [0, 0.05) is 6.04 Å². The van der Waals surface area contributed by atoms with Crippen molar-refractivity contribution in [2.45, 2.75) is 45.6 Å². The highest BCUT2D eigenvalue weighted by atomic mass is 32.1. The lowest BCUT2D eigenvalue weighted by molar-refractivity contribution is 0.434. The van der Waals surface area contributed by atoms with Gasteiger partial charge in [0.25, 0.3) is 0 Å². The molecule has 1 heterocycles. The molecule has 0 aliphatic heterocycles. The lowest BCUT2D eigenvalue weighted by atomic mass is 10.1. The number of aromatic nitrogens is 2. The third-order valence-electron chi connectivity index (χ3n) is 4.10. The Hall–Kier alpha value is -1.09. The first-order chi connectivity index (χ1) is 8.70. The molecule has 2 nitrogen and oxygen atoms in total. The topological polar surface area (TPSA) is 20.7 Å². The number of aryl methyl sites for hydroxylation is 1. The quantitative estimate of drug-likeness (QED) is 0.786. The summed E-state index contributed by atoms with van der Waals surface area (Å²) in [5.74, 6) is 0.937. The van der Waals surface area contributed by atoms with Crippen molar-refractivity contribution in [2.24, 2.45) is 5.92 Å². The van der Waals surface area contributed by atoms with Crippen LogP contribution in [0, 0.1) is 17.6 Å². The molecule has 1 unspecified atom stereocenters. The van der Waals surface area contributed by atoms with Crippen LogP contribution in [-0.2, 0) is 0 Å². The minimum absolute atomic E-state index is 0.556. The lowest BCUT2D eigenvalue weighted by Gasteiger charge is -2.17. The van der Waals surface area contributed by atoms with Crippen LogP contribution in [-0.4, -0.2) is 9.55 Å². The van der Waals surface area contributed by atoms with Crippen molar-refractivity contribution >= 4 is 23.3 Å². The molecule has 0 bridgehead atoms. The van der Waals surface area contributed by atoms with Crippen molar-refractivity contribution in [2.75, 3.05) is 0 Å². The molecule has 0 amide bonds. The number of nitrogens with zero attached hydrogens (tertiary/aromatic N) is 1. The summed E-state index contributed by atoms with van der Waals surface area (Å²) in [6.07, 6.45) is 5.26. The van der Waals surface area contributed by atoms with Crippen molar-refractivity contribution in [3.05, 3.63) is 28.5 Å². The van der Waals surface area contributed by atoms with E-state index in [-0.39, 0.29) is 0 Å². The van der Waals surface area contributed by atoms with E-state index in [0.717, 1.165) is 17.1 Å². The minimum atomic E-state index is 0.556. The maximum atomic E-state index is 5.54. The second-order valence-electron chi connectivity index (χ2n) is 5.51. The fourth-order valence-corrected chi connectivity index (χ4v) is 3.20. The van der Waals surface area contributed by atoms with Gasteiger partial charge < -0.3 is 9.55 Å². The molecule has 2 aromatic rings. The Bertz CT molecular complexity index is 619. The van der Waals surface area contributed by atoms with Gasteiger partial charge in [0.1, 0.15) is 0 Å². The standard InChI is InChI=1S/C15H20N2S/c1-3-12(9-11-7-8-11)17-13-6-4-5-10(2)14(13)16-15(17)18/h4-6,11-12H,3,7-9H2,1-2H3,(H,16,18). The molecule has 1 aromatic carbocycles. The fourth-order valence-electron chi connectivity index (χ4n) is 2.85. The van der Waals surface area contributed by atoms with Gasteiger partial charge in [-0.05, 0) is 49.5 Å². The maximum absolute atomic E-state index is 5.54. The molecule has 96 valence electrons. The molecule has 0 radical (unpaired) electrons. The molecule has 1 fully saturated rings. The molecular formula is C15H20N2S. The van der Waals surface area contributed by atoms with E-state index >= 15 is 0 Å². The van der Waals surface area contributed by atoms with Crippen molar-refractivity contribution in [3.63, 3.8) is 0 Å². The Kier molecular flexibility index (Phi) is 3.02. The third kappa shape index (κ3) is 2.01. The average molecular weight is 260 g/mol. The summed E-state index contributed by atoms with van der Waals surface area (Å²) in [6, 6.07) is 7.01. The maximum Gasteiger partial charge on any atom is 0.178 e. The van der Waals surface area contributed by atoms with Gasteiger partial charge in [-0.15, -0.1) is 0 Å². The number of imidazole rings is 1. The zero-order valence-corrected chi connectivity index (χ0v) is 11.9. The Balaban J connectivity index is 2.11. The first-order valence-electron chi connectivity index (χ1n) is 6.90. The van der Waals surface area contributed by atoms with E-state index in [4.69, 9.17) is 12.2 Å². The number of hydrogen-bond acceptors (Lipinski definition) is 1. The SMILES string of the molecule is CCC(CC1CC1)n1c(=S)[nH]c2c(C)cccc21. The fraction of sp³-hybridized carbons (Fsp3) is 0.533. The Morgan fingerprint density at radius 3 is 2.89 bits per heavy atom. The van der Waals surface area contributed by atoms with Crippen LogP contribution in [0.5, 0.6) is 0 Å². The number of fused-ring (bicyclic) bond motifs is 1. The first-order valence-corrected chi connectivity index (χ1v) is 7.31. The molecule has 1 aliphatic rings. The minimum Gasteiger partial charge on any atom is -0.330 e. The second kappa shape index (κ2) is 4.54.